The van der Waals surface area contributed by atoms with Gasteiger partial charge in [-0.25, -0.2) is 0 Å². The van der Waals surface area contributed by atoms with E-state index in [1.807, 2.05) is 45.9 Å². The molecule has 2 N–H and O–H groups in total. The third-order valence-electron chi connectivity index (χ3n) is 6.26. The number of hydrogen-bond acceptors (Lipinski definition) is 4. The Bertz CT molecular complexity index is 777. The van der Waals surface area contributed by atoms with Gasteiger partial charge in [-0.1, -0.05) is 23.8 Å². The Kier molecular flexibility index (Phi) is 3.93. The Morgan fingerprint density at radius 2 is 1.69 bits per heavy atom. The highest BCUT2D eigenvalue weighted by molar-refractivity contribution is 6.23. The molecule has 2 aliphatic heterocycles. The van der Waals surface area contributed by atoms with Crippen LogP contribution in [0.3, 0.4) is 0 Å². The van der Waals surface area contributed by atoms with Crippen LogP contribution in [0.2, 0.25) is 0 Å². The minimum Gasteiger partial charge on any atom is -0.509 e. The summed E-state index contributed by atoms with van der Waals surface area (Å²) in [6, 6.07) is 5.97. The molecule has 1 aromatic carbocycles. The number of ether oxygens (including phenoxy) is 2. The number of carbonyl (C=O) groups excluding carboxylic acids is 1. The van der Waals surface area contributed by atoms with Gasteiger partial charge in [0.2, 0.25) is 0 Å². The molecule has 1 aromatic rings. The molecule has 0 aromatic heterocycles. The van der Waals surface area contributed by atoms with Crippen molar-refractivity contribution in [1.82, 2.24) is 5.32 Å². The minimum atomic E-state index is -0.699. The third kappa shape index (κ3) is 2.57. The molecular formula is C21H27NO4. The van der Waals surface area contributed by atoms with Gasteiger partial charge >= 0.3 is 0 Å². The second-order valence-corrected chi connectivity index (χ2v) is 8.13. The maximum atomic E-state index is 12.7. The topological polar surface area (TPSA) is 67.8 Å². The number of carbonyl (C=O) groups is 1. The summed E-state index contributed by atoms with van der Waals surface area (Å²) in [5.74, 6) is -0.593. The summed E-state index contributed by atoms with van der Waals surface area (Å²) in [4.78, 5) is 12.7. The van der Waals surface area contributed by atoms with Crippen molar-refractivity contribution in [3.05, 3.63) is 40.6 Å². The number of hydrogen-bond donors (Lipinski definition) is 2. The highest BCUT2D eigenvalue weighted by Crippen LogP contribution is 2.48. The molecule has 1 saturated carbocycles. The first-order chi connectivity index (χ1) is 12.3. The van der Waals surface area contributed by atoms with Crippen molar-refractivity contribution in [3.63, 3.8) is 0 Å². The normalized spacial score (nSPS) is 37.0. The van der Waals surface area contributed by atoms with Gasteiger partial charge in [-0.2, -0.15) is 0 Å². The highest BCUT2D eigenvalue weighted by Gasteiger charge is 2.55. The highest BCUT2D eigenvalue weighted by atomic mass is 16.8. The number of aliphatic hydroxyl groups is 1. The van der Waals surface area contributed by atoms with Crippen LogP contribution >= 0.6 is 0 Å². The van der Waals surface area contributed by atoms with Crippen LogP contribution < -0.4 is 5.32 Å². The van der Waals surface area contributed by atoms with Gasteiger partial charge in [0.25, 0.3) is 5.91 Å². The number of nitrogens with one attached hydrogen (secondary N) is 1. The maximum absolute atomic E-state index is 12.7. The van der Waals surface area contributed by atoms with Crippen molar-refractivity contribution < 1.29 is 19.4 Å². The second-order valence-electron chi connectivity index (χ2n) is 8.13. The van der Waals surface area contributed by atoms with Crippen LogP contribution in [0, 0.1) is 13.8 Å². The van der Waals surface area contributed by atoms with Gasteiger partial charge in [0.15, 0.2) is 5.79 Å². The zero-order chi connectivity index (χ0) is 18.7. The zero-order valence-corrected chi connectivity index (χ0v) is 15.9. The summed E-state index contributed by atoms with van der Waals surface area (Å²) in [6.45, 7) is 8.01. The molecule has 1 saturated heterocycles. The minimum absolute atomic E-state index is 0.0665. The van der Waals surface area contributed by atoms with E-state index in [0.29, 0.717) is 31.3 Å². The lowest BCUT2D eigenvalue weighted by molar-refractivity contribution is -0.199. The van der Waals surface area contributed by atoms with Crippen molar-refractivity contribution in [3.8, 4) is 0 Å². The lowest BCUT2D eigenvalue weighted by Crippen LogP contribution is -2.52. The summed E-state index contributed by atoms with van der Waals surface area (Å²) in [7, 11) is 0. The molecule has 1 aliphatic carbocycles. The SMILES string of the molecule is Cc1ccc(C)c(C2=C(O)C3(CCC4(CC3)OC(C)C(C)O4)NC2=O)c1. The van der Waals surface area contributed by atoms with Crippen LogP contribution in [0.1, 0.15) is 56.2 Å². The van der Waals surface area contributed by atoms with E-state index in [0.717, 1.165) is 16.7 Å². The Morgan fingerprint density at radius 3 is 2.31 bits per heavy atom. The van der Waals surface area contributed by atoms with Gasteiger partial charge in [-0.15, -0.1) is 0 Å². The largest absolute Gasteiger partial charge is 0.509 e. The van der Waals surface area contributed by atoms with Gasteiger partial charge in [0.1, 0.15) is 5.76 Å². The molecule has 140 valence electrons. The summed E-state index contributed by atoms with van der Waals surface area (Å²) in [6.07, 6.45) is 2.67. The predicted octanol–water partition coefficient (Wildman–Crippen LogP) is 3.54. The van der Waals surface area contributed by atoms with Crippen molar-refractivity contribution >= 4 is 11.5 Å². The zero-order valence-electron chi connectivity index (χ0n) is 15.9. The first-order valence-electron chi connectivity index (χ1n) is 9.45. The van der Waals surface area contributed by atoms with Crippen LogP contribution in [0.4, 0.5) is 0 Å². The lowest BCUT2D eigenvalue weighted by Gasteiger charge is -2.41. The average molecular weight is 357 g/mol. The summed E-state index contributed by atoms with van der Waals surface area (Å²) in [5, 5.41) is 14.1. The van der Waals surface area contributed by atoms with E-state index in [1.165, 1.54) is 0 Å². The molecule has 3 aliphatic rings. The van der Waals surface area contributed by atoms with Crippen molar-refractivity contribution in [1.29, 1.82) is 0 Å². The fourth-order valence-electron chi connectivity index (χ4n) is 4.49. The van der Waals surface area contributed by atoms with Crippen LogP contribution in [-0.4, -0.2) is 34.5 Å². The van der Waals surface area contributed by atoms with Crippen molar-refractivity contribution in [2.45, 2.75) is 76.9 Å². The molecule has 0 bridgehead atoms. The standard InChI is InChI=1S/C21H27NO4/c1-12-5-6-13(2)16(11-12)17-18(23)20(22-19(17)24)7-9-21(10-8-20)25-14(3)15(4)26-21/h5-6,11,14-15,23H,7-10H2,1-4H3,(H,22,24). The quantitative estimate of drug-likeness (QED) is 0.807. The fourth-order valence-corrected chi connectivity index (χ4v) is 4.49. The van der Waals surface area contributed by atoms with E-state index >= 15 is 0 Å². The average Bonchev–Trinajstić information content (AvgIpc) is 3.00. The molecule has 2 unspecified atom stereocenters. The molecule has 4 rings (SSSR count). The van der Waals surface area contributed by atoms with Crippen molar-refractivity contribution in [2.24, 2.45) is 0 Å². The number of aryl methyl sites for hydroxylation is 2. The van der Waals surface area contributed by atoms with Gasteiger partial charge < -0.3 is 19.9 Å². The Balaban J connectivity index is 1.64. The second kappa shape index (κ2) is 5.83. The maximum Gasteiger partial charge on any atom is 0.256 e. The number of amides is 1. The molecule has 2 heterocycles. The molecule has 1 amide bonds. The fraction of sp³-hybridized carbons (Fsp3) is 0.571. The molecule has 0 radical (unpaired) electrons. The number of aliphatic hydroxyl groups excluding tert-OH is 1. The van der Waals surface area contributed by atoms with Gasteiger partial charge in [-0.3, -0.25) is 4.79 Å². The molecule has 2 fully saturated rings. The van der Waals surface area contributed by atoms with Crippen LogP contribution in [0.15, 0.2) is 24.0 Å². The smallest absolute Gasteiger partial charge is 0.256 e. The van der Waals surface area contributed by atoms with E-state index in [-0.39, 0.29) is 23.9 Å². The van der Waals surface area contributed by atoms with E-state index in [9.17, 15) is 9.90 Å². The van der Waals surface area contributed by atoms with E-state index in [4.69, 9.17) is 9.47 Å². The predicted molar refractivity (Wildman–Crippen MR) is 98.6 cm³/mol. The summed E-state index contributed by atoms with van der Waals surface area (Å²) in [5.41, 5.74) is 2.58. The van der Waals surface area contributed by atoms with Crippen molar-refractivity contribution in [2.75, 3.05) is 0 Å². The van der Waals surface area contributed by atoms with E-state index < -0.39 is 11.3 Å². The third-order valence-corrected chi connectivity index (χ3v) is 6.26. The summed E-state index contributed by atoms with van der Waals surface area (Å²) < 4.78 is 12.2. The number of rotatable bonds is 1. The van der Waals surface area contributed by atoms with E-state index in [1.54, 1.807) is 0 Å². The molecule has 5 nitrogen and oxygen atoms in total. The Labute approximate surface area is 154 Å². The molecular weight excluding hydrogens is 330 g/mol. The molecule has 2 spiro atoms. The van der Waals surface area contributed by atoms with Crippen LogP contribution in [-0.2, 0) is 14.3 Å². The van der Waals surface area contributed by atoms with Gasteiger partial charge in [-0.05, 0) is 51.7 Å². The lowest BCUT2D eigenvalue weighted by atomic mass is 9.77. The Hall–Kier alpha value is -1.85. The summed E-state index contributed by atoms with van der Waals surface area (Å²) >= 11 is 0. The molecule has 2 atom stereocenters. The van der Waals surface area contributed by atoms with Gasteiger partial charge in [0, 0.05) is 12.8 Å². The van der Waals surface area contributed by atoms with Gasteiger partial charge in [0.05, 0.1) is 23.3 Å². The first-order valence-corrected chi connectivity index (χ1v) is 9.45. The monoisotopic (exact) mass is 357 g/mol. The van der Waals surface area contributed by atoms with E-state index in [2.05, 4.69) is 5.32 Å². The first kappa shape index (κ1) is 17.6. The Morgan fingerprint density at radius 1 is 1.08 bits per heavy atom. The molecule has 26 heavy (non-hydrogen) atoms. The molecule has 5 heteroatoms. The van der Waals surface area contributed by atoms with Crippen LogP contribution in [0.25, 0.3) is 5.57 Å². The number of benzene rings is 1. The van der Waals surface area contributed by atoms with Crippen LogP contribution in [0.5, 0.6) is 0 Å².